The number of hydrogen-bond donors (Lipinski definition) is 2. The van der Waals surface area contributed by atoms with Crippen LogP contribution in [0.1, 0.15) is 33.0 Å². The van der Waals surface area contributed by atoms with Gasteiger partial charge >= 0.3 is 0 Å². The molecule has 0 fully saturated rings. The van der Waals surface area contributed by atoms with E-state index in [0.717, 1.165) is 28.2 Å². The van der Waals surface area contributed by atoms with Crippen LogP contribution in [0.5, 0.6) is 0 Å². The summed E-state index contributed by atoms with van der Waals surface area (Å²) in [6.07, 6.45) is 0. The van der Waals surface area contributed by atoms with Gasteiger partial charge in [0.25, 0.3) is 5.91 Å². The maximum Gasteiger partial charge on any atom is 0.269 e. The Morgan fingerprint density at radius 2 is 1.92 bits per heavy atom. The maximum absolute atomic E-state index is 12.3. The molecular formula is C18H21N5O. The summed E-state index contributed by atoms with van der Waals surface area (Å²) < 4.78 is 1.82. The van der Waals surface area contributed by atoms with Gasteiger partial charge in [-0.2, -0.15) is 10.2 Å². The fraction of sp³-hybridized carbons (Fsp3) is 0.278. The number of H-pyrrole nitrogens is 1. The largest absolute Gasteiger partial charge is 0.347 e. The van der Waals surface area contributed by atoms with E-state index in [1.54, 1.807) is 6.07 Å². The van der Waals surface area contributed by atoms with Crippen molar-refractivity contribution < 1.29 is 4.79 Å². The number of hydrogen-bond acceptors (Lipinski definition) is 3. The van der Waals surface area contributed by atoms with E-state index in [1.165, 1.54) is 5.56 Å². The Morgan fingerprint density at radius 3 is 2.54 bits per heavy atom. The van der Waals surface area contributed by atoms with Gasteiger partial charge in [-0.1, -0.05) is 29.8 Å². The maximum atomic E-state index is 12.3. The van der Waals surface area contributed by atoms with Crippen molar-refractivity contribution in [1.29, 1.82) is 0 Å². The first kappa shape index (κ1) is 16.0. The second kappa shape index (κ2) is 6.31. The zero-order valence-electron chi connectivity index (χ0n) is 14.3. The number of aromatic amines is 1. The molecule has 6 nitrogen and oxygen atoms in total. The van der Waals surface area contributed by atoms with Crippen LogP contribution in [0.4, 0.5) is 0 Å². The van der Waals surface area contributed by atoms with Crippen LogP contribution in [0.15, 0.2) is 30.3 Å². The van der Waals surface area contributed by atoms with E-state index in [9.17, 15) is 4.79 Å². The van der Waals surface area contributed by atoms with Crippen molar-refractivity contribution in [3.63, 3.8) is 0 Å². The van der Waals surface area contributed by atoms with Gasteiger partial charge in [-0.15, -0.1) is 0 Å². The molecule has 2 heterocycles. The Labute approximate surface area is 140 Å². The lowest BCUT2D eigenvalue weighted by molar-refractivity contribution is 0.0946. The third-order valence-electron chi connectivity index (χ3n) is 4.25. The van der Waals surface area contributed by atoms with Crippen LogP contribution in [0.25, 0.3) is 11.3 Å². The number of carbonyl (C=O) groups excluding carboxylic acids is 1. The highest BCUT2D eigenvalue weighted by Crippen LogP contribution is 2.18. The van der Waals surface area contributed by atoms with Gasteiger partial charge in [0.05, 0.1) is 11.4 Å². The second-order valence-corrected chi connectivity index (χ2v) is 5.99. The first-order chi connectivity index (χ1) is 11.5. The molecule has 1 amide bonds. The molecule has 0 saturated carbocycles. The molecule has 24 heavy (non-hydrogen) atoms. The number of rotatable bonds is 4. The van der Waals surface area contributed by atoms with Gasteiger partial charge in [0.15, 0.2) is 0 Å². The third kappa shape index (κ3) is 3.08. The van der Waals surface area contributed by atoms with E-state index in [0.29, 0.717) is 12.2 Å². The van der Waals surface area contributed by atoms with Crippen LogP contribution < -0.4 is 5.32 Å². The minimum absolute atomic E-state index is 0.177. The first-order valence-corrected chi connectivity index (χ1v) is 7.85. The van der Waals surface area contributed by atoms with Gasteiger partial charge in [0, 0.05) is 30.4 Å². The van der Waals surface area contributed by atoms with Crippen LogP contribution in [0.2, 0.25) is 0 Å². The molecule has 124 valence electrons. The summed E-state index contributed by atoms with van der Waals surface area (Å²) in [6.45, 7) is 6.42. The molecule has 0 aliphatic heterocycles. The normalized spacial score (nSPS) is 10.8. The molecule has 0 unspecified atom stereocenters. The van der Waals surface area contributed by atoms with Gasteiger partial charge in [0.2, 0.25) is 0 Å². The molecule has 3 rings (SSSR count). The number of benzene rings is 1. The number of nitrogens with zero attached hydrogens (tertiary/aromatic N) is 3. The van der Waals surface area contributed by atoms with Crippen LogP contribution in [-0.4, -0.2) is 25.9 Å². The van der Waals surface area contributed by atoms with E-state index < -0.39 is 0 Å². The number of nitrogens with one attached hydrogen (secondary N) is 2. The highest BCUT2D eigenvalue weighted by molar-refractivity contribution is 5.93. The summed E-state index contributed by atoms with van der Waals surface area (Å²) in [5.74, 6) is -0.177. The molecule has 2 aromatic heterocycles. The third-order valence-corrected chi connectivity index (χ3v) is 4.25. The average Bonchev–Trinajstić information content (AvgIpc) is 3.13. The van der Waals surface area contributed by atoms with Crippen LogP contribution in [-0.2, 0) is 13.6 Å². The quantitative estimate of drug-likeness (QED) is 0.775. The number of aryl methyl sites for hydroxylation is 3. The molecule has 0 aliphatic carbocycles. The van der Waals surface area contributed by atoms with E-state index in [4.69, 9.17) is 0 Å². The van der Waals surface area contributed by atoms with Gasteiger partial charge < -0.3 is 5.32 Å². The molecule has 0 saturated heterocycles. The summed E-state index contributed by atoms with van der Waals surface area (Å²) in [4.78, 5) is 12.3. The van der Waals surface area contributed by atoms with Gasteiger partial charge in [-0.05, 0) is 26.8 Å². The molecule has 6 heteroatoms. The first-order valence-electron chi connectivity index (χ1n) is 7.85. The molecule has 0 bridgehead atoms. The Morgan fingerprint density at radius 1 is 1.21 bits per heavy atom. The van der Waals surface area contributed by atoms with E-state index in [1.807, 2.05) is 56.8 Å². The lowest BCUT2D eigenvalue weighted by atomic mass is 10.1. The molecule has 0 spiro atoms. The Hall–Kier alpha value is -2.89. The summed E-state index contributed by atoms with van der Waals surface area (Å²) in [7, 11) is 1.90. The highest BCUT2D eigenvalue weighted by atomic mass is 16.1. The van der Waals surface area contributed by atoms with Crippen molar-refractivity contribution in [2.45, 2.75) is 27.3 Å². The molecule has 0 radical (unpaired) electrons. The monoisotopic (exact) mass is 323 g/mol. The van der Waals surface area contributed by atoms with Crippen molar-refractivity contribution in [2.75, 3.05) is 0 Å². The van der Waals surface area contributed by atoms with Crippen molar-refractivity contribution in [2.24, 2.45) is 7.05 Å². The van der Waals surface area contributed by atoms with Crippen LogP contribution >= 0.6 is 0 Å². The standard InChI is InChI=1S/C18H21N5O/c1-11-5-7-14(8-6-11)16-9-17(21-20-16)18(24)19-10-15-12(2)22-23(4)13(15)3/h5-9H,10H2,1-4H3,(H,19,24)(H,20,21). The highest BCUT2D eigenvalue weighted by Gasteiger charge is 2.14. The Balaban J connectivity index is 1.71. The van der Waals surface area contributed by atoms with Crippen molar-refractivity contribution in [3.05, 3.63) is 58.5 Å². The fourth-order valence-electron chi connectivity index (χ4n) is 2.65. The van der Waals surface area contributed by atoms with E-state index in [2.05, 4.69) is 20.6 Å². The van der Waals surface area contributed by atoms with Crippen molar-refractivity contribution >= 4 is 5.91 Å². The predicted molar refractivity (Wildman–Crippen MR) is 92.6 cm³/mol. The Kier molecular flexibility index (Phi) is 4.20. The average molecular weight is 323 g/mol. The molecule has 2 N–H and O–H groups in total. The smallest absolute Gasteiger partial charge is 0.269 e. The number of amides is 1. The second-order valence-electron chi connectivity index (χ2n) is 5.99. The number of aromatic nitrogens is 4. The molecular weight excluding hydrogens is 302 g/mol. The zero-order valence-corrected chi connectivity index (χ0v) is 14.3. The summed E-state index contributed by atoms with van der Waals surface area (Å²) in [6, 6.07) is 9.81. The molecule has 3 aromatic rings. The summed E-state index contributed by atoms with van der Waals surface area (Å²) in [5.41, 5.74) is 6.41. The van der Waals surface area contributed by atoms with Crippen molar-refractivity contribution in [1.82, 2.24) is 25.3 Å². The Bertz CT molecular complexity index is 873. The number of carbonyl (C=O) groups is 1. The molecule has 0 aliphatic rings. The molecule has 1 aromatic carbocycles. The van der Waals surface area contributed by atoms with E-state index in [-0.39, 0.29) is 5.91 Å². The summed E-state index contributed by atoms with van der Waals surface area (Å²) >= 11 is 0. The SMILES string of the molecule is Cc1ccc(-c2cc(C(=O)NCc3c(C)nn(C)c3C)[nH]n2)cc1. The lowest BCUT2D eigenvalue weighted by Crippen LogP contribution is -2.23. The van der Waals surface area contributed by atoms with Crippen LogP contribution in [0.3, 0.4) is 0 Å². The zero-order chi connectivity index (χ0) is 17.3. The van der Waals surface area contributed by atoms with Gasteiger partial charge in [0.1, 0.15) is 5.69 Å². The molecule has 0 atom stereocenters. The fourth-order valence-corrected chi connectivity index (χ4v) is 2.65. The minimum atomic E-state index is -0.177. The summed E-state index contributed by atoms with van der Waals surface area (Å²) in [5, 5.41) is 14.3. The topological polar surface area (TPSA) is 75.6 Å². The van der Waals surface area contributed by atoms with Gasteiger partial charge in [-0.25, -0.2) is 0 Å². The lowest BCUT2D eigenvalue weighted by Gasteiger charge is -2.04. The minimum Gasteiger partial charge on any atom is -0.347 e. The van der Waals surface area contributed by atoms with E-state index >= 15 is 0 Å². The van der Waals surface area contributed by atoms with Crippen molar-refractivity contribution in [3.8, 4) is 11.3 Å². The van der Waals surface area contributed by atoms with Gasteiger partial charge in [-0.3, -0.25) is 14.6 Å². The predicted octanol–water partition coefficient (Wildman–Crippen LogP) is 2.67. The van der Waals surface area contributed by atoms with Crippen LogP contribution in [0, 0.1) is 20.8 Å².